The second kappa shape index (κ2) is 6.97. The molecular weight excluding hydrogens is 154 g/mol. The van der Waals surface area contributed by atoms with E-state index in [-0.39, 0.29) is 6.15 Å². The van der Waals surface area contributed by atoms with E-state index in [4.69, 9.17) is 5.11 Å². The van der Waals surface area contributed by atoms with E-state index >= 15 is 0 Å². The molecule has 6 heteroatoms. The van der Waals surface area contributed by atoms with Gasteiger partial charge in [0.05, 0.1) is 7.11 Å². The quantitative estimate of drug-likeness (QED) is 0.322. The normalized spacial score (nSPS) is 7.82. The van der Waals surface area contributed by atoms with E-state index in [2.05, 4.69) is 9.47 Å². The molecule has 0 aromatic carbocycles. The average Bonchev–Trinajstić information content (AvgIpc) is 1.88. The molecule has 0 rings (SSSR count). The molecular formula is C5H11NO5. The number of hydrogen-bond donors (Lipinski definition) is 2. The van der Waals surface area contributed by atoms with E-state index in [0.29, 0.717) is 0 Å². The molecule has 0 atom stereocenters. The van der Waals surface area contributed by atoms with Gasteiger partial charge in [0.2, 0.25) is 0 Å². The summed E-state index contributed by atoms with van der Waals surface area (Å²) < 4.78 is 8.18. The minimum Gasteiger partial charge on any atom is -0.469 e. The molecule has 0 unspecified atom stereocenters. The van der Waals surface area contributed by atoms with Crippen molar-refractivity contribution in [2.24, 2.45) is 0 Å². The zero-order chi connectivity index (χ0) is 7.98. The van der Waals surface area contributed by atoms with Crippen molar-refractivity contribution in [2.45, 2.75) is 6.42 Å². The van der Waals surface area contributed by atoms with Gasteiger partial charge in [-0.1, -0.05) is 0 Å². The predicted molar refractivity (Wildman–Crippen MR) is 34.8 cm³/mol. The maximum atomic E-state index is 10.3. The van der Waals surface area contributed by atoms with Gasteiger partial charge in [0.25, 0.3) is 0 Å². The monoisotopic (exact) mass is 165 g/mol. The van der Waals surface area contributed by atoms with Gasteiger partial charge < -0.3 is 20.7 Å². The first kappa shape index (κ1) is 12.5. The Labute approximate surface area is 63.7 Å². The molecule has 0 aromatic heterocycles. The number of aliphatic hydroxyl groups excluding tert-OH is 1. The molecule has 0 saturated heterocycles. The van der Waals surface area contributed by atoms with Crippen LogP contribution in [0, 0.1) is 0 Å². The van der Waals surface area contributed by atoms with Crippen LogP contribution in [-0.4, -0.2) is 30.9 Å². The molecule has 0 aromatic rings. The first-order valence-electron chi connectivity index (χ1n) is 2.54. The molecule has 0 aliphatic heterocycles. The lowest BCUT2D eigenvalue weighted by atomic mass is 10.4. The Bertz CT molecular complexity index is 135. The summed E-state index contributed by atoms with van der Waals surface area (Å²) in [6.07, 6.45) is -0.461. The molecule has 66 valence electrons. The largest absolute Gasteiger partial charge is 0.469 e. The minimum atomic E-state index is -0.797. The van der Waals surface area contributed by atoms with Crippen molar-refractivity contribution in [1.29, 1.82) is 0 Å². The summed E-state index contributed by atoms with van der Waals surface area (Å²) in [6.45, 7) is -0.712. The Balaban J connectivity index is 0. The SMILES string of the molecule is COC(=O)CC(=O)OCO.N. The van der Waals surface area contributed by atoms with Gasteiger partial charge in [-0.15, -0.1) is 0 Å². The van der Waals surface area contributed by atoms with E-state index < -0.39 is 25.2 Å². The number of esters is 2. The van der Waals surface area contributed by atoms with Crippen LogP contribution in [0.4, 0.5) is 0 Å². The average molecular weight is 165 g/mol. The second-order valence-corrected chi connectivity index (χ2v) is 1.40. The van der Waals surface area contributed by atoms with E-state index in [1.54, 1.807) is 0 Å². The summed E-state index contributed by atoms with van der Waals surface area (Å²) in [7, 11) is 1.16. The topological polar surface area (TPSA) is 108 Å². The van der Waals surface area contributed by atoms with Crippen molar-refractivity contribution in [1.82, 2.24) is 6.15 Å². The van der Waals surface area contributed by atoms with Crippen molar-refractivity contribution in [3.05, 3.63) is 0 Å². The molecule has 0 fully saturated rings. The van der Waals surface area contributed by atoms with Crippen LogP contribution in [0.5, 0.6) is 0 Å². The summed E-state index contributed by atoms with van der Waals surface area (Å²) >= 11 is 0. The highest BCUT2D eigenvalue weighted by Gasteiger charge is 2.08. The van der Waals surface area contributed by atoms with Gasteiger partial charge in [0.1, 0.15) is 6.42 Å². The molecule has 0 radical (unpaired) electrons. The van der Waals surface area contributed by atoms with Crippen molar-refractivity contribution in [3.63, 3.8) is 0 Å². The van der Waals surface area contributed by atoms with E-state index in [9.17, 15) is 9.59 Å². The van der Waals surface area contributed by atoms with Gasteiger partial charge >= 0.3 is 11.9 Å². The van der Waals surface area contributed by atoms with Gasteiger partial charge in [-0.25, -0.2) is 0 Å². The molecule has 0 heterocycles. The molecule has 0 aliphatic rings. The fourth-order valence-electron chi connectivity index (χ4n) is 0.313. The third-order valence-corrected chi connectivity index (χ3v) is 0.742. The number of hydrogen-bond acceptors (Lipinski definition) is 6. The summed E-state index contributed by atoms with van der Waals surface area (Å²) in [5, 5.41) is 8.03. The lowest BCUT2D eigenvalue weighted by molar-refractivity contribution is -0.158. The molecule has 0 bridgehead atoms. The third-order valence-electron chi connectivity index (χ3n) is 0.742. The molecule has 0 saturated carbocycles. The van der Waals surface area contributed by atoms with Gasteiger partial charge in [-0.05, 0) is 0 Å². The lowest BCUT2D eigenvalue weighted by Gasteiger charge is -1.97. The standard InChI is InChI=1S/C5H8O5.H3N/c1-9-4(7)2-5(8)10-3-6;/h6H,2-3H2,1H3;1H3. The van der Waals surface area contributed by atoms with Crippen molar-refractivity contribution < 1.29 is 24.2 Å². The minimum absolute atomic E-state index is 0. The Morgan fingerprint density at radius 3 is 2.27 bits per heavy atom. The summed E-state index contributed by atoms with van der Waals surface area (Å²) in [4.78, 5) is 20.6. The van der Waals surface area contributed by atoms with Crippen LogP contribution in [0.1, 0.15) is 6.42 Å². The zero-order valence-electron chi connectivity index (χ0n) is 6.20. The van der Waals surface area contributed by atoms with Crippen LogP contribution in [0.2, 0.25) is 0 Å². The molecule has 0 amide bonds. The number of aliphatic hydroxyl groups is 1. The van der Waals surface area contributed by atoms with Crippen LogP contribution < -0.4 is 6.15 Å². The molecule has 11 heavy (non-hydrogen) atoms. The number of rotatable bonds is 3. The van der Waals surface area contributed by atoms with Gasteiger partial charge in [0.15, 0.2) is 6.79 Å². The number of carbonyl (C=O) groups excluding carboxylic acids is 2. The number of ether oxygens (including phenoxy) is 2. The van der Waals surface area contributed by atoms with Gasteiger partial charge in [-0.3, -0.25) is 9.59 Å². The molecule has 4 N–H and O–H groups in total. The van der Waals surface area contributed by atoms with Crippen LogP contribution in [-0.2, 0) is 19.1 Å². The van der Waals surface area contributed by atoms with Gasteiger partial charge in [-0.2, -0.15) is 0 Å². The number of methoxy groups -OCH3 is 1. The van der Waals surface area contributed by atoms with E-state index in [1.165, 1.54) is 0 Å². The van der Waals surface area contributed by atoms with Crippen molar-refractivity contribution >= 4 is 11.9 Å². The molecule has 6 nitrogen and oxygen atoms in total. The molecule has 0 aliphatic carbocycles. The fourth-order valence-corrected chi connectivity index (χ4v) is 0.313. The Morgan fingerprint density at radius 1 is 1.36 bits per heavy atom. The van der Waals surface area contributed by atoms with Crippen molar-refractivity contribution in [2.75, 3.05) is 13.9 Å². The first-order chi connectivity index (χ1) is 4.70. The third kappa shape index (κ3) is 6.75. The van der Waals surface area contributed by atoms with E-state index in [0.717, 1.165) is 7.11 Å². The van der Waals surface area contributed by atoms with Crippen LogP contribution in [0.3, 0.4) is 0 Å². The lowest BCUT2D eigenvalue weighted by Crippen LogP contribution is -2.12. The Kier molecular flexibility index (Phi) is 7.94. The Hall–Kier alpha value is -1.14. The Morgan fingerprint density at radius 2 is 1.91 bits per heavy atom. The highest BCUT2D eigenvalue weighted by atomic mass is 16.6. The van der Waals surface area contributed by atoms with Crippen LogP contribution in [0.15, 0.2) is 0 Å². The molecule has 0 spiro atoms. The number of carbonyl (C=O) groups is 2. The van der Waals surface area contributed by atoms with Crippen LogP contribution >= 0.6 is 0 Å². The first-order valence-corrected chi connectivity index (χ1v) is 2.54. The maximum Gasteiger partial charge on any atom is 0.319 e. The second-order valence-electron chi connectivity index (χ2n) is 1.40. The summed E-state index contributed by atoms with van der Waals surface area (Å²) in [6, 6.07) is 0. The highest BCUT2D eigenvalue weighted by molar-refractivity contribution is 5.90. The maximum absolute atomic E-state index is 10.3. The van der Waals surface area contributed by atoms with Gasteiger partial charge in [0, 0.05) is 0 Å². The highest BCUT2D eigenvalue weighted by Crippen LogP contribution is 1.87. The fraction of sp³-hybridized carbons (Fsp3) is 0.600. The van der Waals surface area contributed by atoms with E-state index in [1.807, 2.05) is 0 Å². The zero-order valence-corrected chi connectivity index (χ0v) is 6.20. The predicted octanol–water partition coefficient (Wildman–Crippen LogP) is -0.796. The van der Waals surface area contributed by atoms with Crippen LogP contribution in [0.25, 0.3) is 0 Å². The van der Waals surface area contributed by atoms with Crippen molar-refractivity contribution in [3.8, 4) is 0 Å². The summed E-state index contributed by atoms with van der Waals surface area (Å²) in [5.74, 6) is -1.48. The summed E-state index contributed by atoms with van der Waals surface area (Å²) in [5.41, 5.74) is 0. The smallest absolute Gasteiger partial charge is 0.319 e.